The Balaban J connectivity index is 1.51. The van der Waals surface area contributed by atoms with Crippen LogP contribution in [0.2, 0.25) is 0 Å². The highest BCUT2D eigenvalue weighted by Gasteiger charge is 2.05. The highest BCUT2D eigenvalue weighted by Crippen LogP contribution is 2.20. The number of unbranched alkanes of at least 4 members (excludes halogenated alkanes) is 9. The van der Waals surface area contributed by atoms with Crippen molar-refractivity contribution in [2.75, 3.05) is 0 Å². The van der Waals surface area contributed by atoms with E-state index in [-0.39, 0.29) is 0 Å². The van der Waals surface area contributed by atoms with Crippen LogP contribution >= 0.6 is 31.9 Å². The second-order valence-electron chi connectivity index (χ2n) is 16.0. The minimum absolute atomic E-state index is 0.588. The van der Waals surface area contributed by atoms with Crippen LogP contribution in [0.15, 0.2) is 99.9 Å². The van der Waals surface area contributed by atoms with Crippen LogP contribution in [0.25, 0.3) is 0 Å². The van der Waals surface area contributed by atoms with Crippen molar-refractivity contribution in [2.45, 2.75) is 117 Å². The van der Waals surface area contributed by atoms with Crippen LogP contribution in [0.5, 0.6) is 0 Å². The smallest absolute Gasteiger partial charge is 0.150 e. The normalized spacial score (nSPS) is 10.3. The molecule has 2 nitrogen and oxygen atoms in total. The van der Waals surface area contributed by atoms with Gasteiger partial charge in [0.2, 0.25) is 0 Å². The first-order valence-corrected chi connectivity index (χ1v) is 23.9. The topological polar surface area (TPSA) is 34.1 Å². The van der Waals surface area contributed by atoms with Crippen LogP contribution in [0.3, 0.4) is 0 Å². The zero-order valence-electron chi connectivity index (χ0n) is 36.5. The van der Waals surface area contributed by atoms with Crippen LogP contribution in [-0.4, -0.2) is 12.6 Å². The van der Waals surface area contributed by atoms with E-state index < -0.39 is 0 Å². The number of benzene rings is 5. The maximum absolute atomic E-state index is 11.5. The molecule has 0 atom stereocenters. The molecule has 0 unspecified atom stereocenters. The standard InChI is InChI=1S/C58H56Br2O2/c1-4-7-10-13-16-44-27-47(19-21-49-29-45(17-14-11-8-5-2)31-51(34-49)23-25-53-36-55(42-61)40-57(59)38-53)33-48(28-44)20-22-50-30-46(18-15-12-9-6-3)32-52(35-50)24-26-54-37-56(43-62)41-58(60)39-54/h27-43H,4-18H2,1-3H3. The van der Waals surface area contributed by atoms with Gasteiger partial charge in [0.25, 0.3) is 0 Å². The molecule has 5 rings (SSSR count). The number of halogens is 2. The lowest BCUT2D eigenvalue weighted by Crippen LogP contribution is -1.92. The fraction of sp³-hybridized carbons (Fsp3) is 0.310. The Labute approximate surface area is 388 Å². The number of aryl methyl sites for hydroxylation is 3. The lowest BCUT2D eigenvalue weighted by molar-refractivity contribution is 0.111. The second kappa shape index (κ2) is 26.2. The van der Waals surface area contributed by atoms with Crippen LogP contribution in [-0.2, 0) is 19.3 Å². The van der Waals surface area contributed by atoms with E-state index in [1.165, 1.54) is 74.5 Å². The second-order valence-corrected chi connectivity index (χ2v) is 17.8. The lowest BCUT2D eigenvalue weighted by atomic mass is 9.98. The molecule has 5 aromatic rings. The highest BCUT2D eigenvalue weighted by atomic mass is 79.9. The lowest BCUT2D eigenvalue weighted by Gasteiger charge is -2.06. The minimum Gasteiger partial charge on any atom is -0.298 e. The summed E-state index contributed by atoms with van der Waals surface area (Å²) >= 11 is 7.02. The summed E-state index contributed by atoms with van der Waals surface area (Å²) in [6, 6.07) is 30.5. The van der Waals surface area contributed by atoms with Gasteiger partial charge in [0.15, 0.2) is 0 Å². The van der Waals surface area contributed by atoms with Gasteiger partial charge in [0.05, 0.1) is 0 Å². The van der Waals surface area contributed by atoms with E-state index in [0.717, 1.165) is 105 Å². The summed E-state index contributed by atoms with van der Waals surface area (Å²) in [5.74, 6) is 27.3. The zero-order valence-corrected chi connectivity index (χ0v) is 39.7. The summed E-state index contributed by atoms with van der Waals surface area (Å²) in [6.45, 7) is 6.71. The summed E-state index contributed by atoms with van der Waals surface area (Å²) in [7, 11) is 0. The maximum atomic E-state index is 11.5. The molecule has 0 N–H and O–H groups in total. The Bertz CT molecular complexity index is 2410. The third-order valence-corrected chi connectivity index (χ3v) is 11.4. The highest BCUT2D eigenvalue weighted by molar-refractivity contribution is 9.10. The molecule has 0 radical (unpaired) electrons. The Morgan fingerprint density at radius 1 is 0.339 bits per heavy atom. The molecule has 0 spiro atoms. The van der Waals surface area contributed by atoms with E-state index in [1.54, 1.807) is 12.1 Å². The average molecular weight is 945 g/mol. The Kier molecular flexibility index (Phi) is 20.1. The van der Waals surface area contributed by atoms with Crippen molar-refractivity contribution in [1.82, 2.24) is 0 Å². The van der Waals surface area contributed by atoms with Crippen LogP contribution in [0, 0.1) is 47.4 Å². The van der Waals surface area contributed by atoms with Gasteiger partial charge in [-0.2, -0.15) is 0 Å². The zero-order chi connectivity index (χ0) is 43.9. The Hall–Kier alpha value is -5.36. The van der Waals surface area contributed by atoms with Gasteiger partial charge >= 0.3 is 0 Å². The summed E-state index contributed by atoms with van der Waals surface area (Å²) in [4.78, 5) is 23.0. The Morgan fingerprint density at radius 2 is 0.597 bits per heavy atom. The number of carbonyl (C=O) groups is 2. The SMILES string of the molecule is CCCCCCc1cc(C#Cc2cc(Br)cc(C=O)c2)cc(C#Cc2cc(C#Cc3cc(C#Cc4cc(Br)cc(C=O)c4)cc(CCCCCC)c3)cc(CCCCCC)c2)c1. The van der Waals surface area contributed by atoms with E-state index in [0.29, 0.717) is 11.1 Å². The van der Waals surface area contributed by atoms with Crippen LogP contribution < -0.4 is 0 Å². The van der Waals surface area contributed by atoms with Gasteiger partial charge < -0.3 is 0 Å². The van der Waals surface area contributed by atoms with Crippen molar-refractivity contribution in [3.05, 3.63) is 172 Å². The molecule has 0 aliphatic heterocycles. The first kappa shape index (κ1) is 47.7. The number of carbonyl (C=O) groups excluding carboxylic acids is 2. The minimum atomic E-state index is 0.588. The molecule has 0 saturated carbocycles. The average Bonchev–Trinajstić information content (AvgIpc) is 3.27. The quantitative estimate of drug-likeness (QED) is 0.0529. The summed E-state index contributed by atoms with van der Waals surface area (Å²) in [6.07, 6.45) is 18.8. The molecule has 4 heteroatoms. The van der Waals surface area contributed by atoms with Gasteiger partial charge in [-0.1, -0.05) is 158 Å². The van der Waals surface area contributed by atoms with Crippen molar-refractivity contribution in [1.29, 1.82) is 0 Å². The van der Waals surface area contributed by atoms with E-state index in [4.69, 9.17) is 0 Å². The Morgan fingerprint density at radius 3 is 0.839 bits per heavy atom. The molecule has 5 aromatic carbocycles. The molecular weight excluding hydrogens is 888 g/mol. The fourth-order valence-corrected chi connectivity index (χ4v) is 8.31. The molecule has 0 aliphatic carbocycles. The van der Waals surface area contributed by atoms with Gasteiger partial charge in [-0.3, -0.25) is 9.59 Å². The number of aldehydes is 2. The van der Waals surface area contributed by atoms with Gasteiger partial charge in [-0.15, -0.1) is 0 Å². The van der Waals surface area contributed by atoms with Gasteiger partial charge in [0, 0.05) is 64.6 Å². The molecule has 0 aliphatic rings. The van der Waals surface area contributed by atoms with Crippen molar-refractivity contribution >= 4 is 44.4 Å². The van der Waals surface area contributed by atoms with Gasteiger partial charge in [-0.05, 0) is 146 Å². The summed E-state index contributed by atoms with van der Waals surface area (Å²) < 4.78 is 1.65. The molecule has 0 heterocycles. The third kappa shape index (κ3) is 16.8. The predicted molar refractivity (Wildman–Crippen MR) is 266 cm³/mol. The van der Waals surface area contributed by atoms with Crippen molar-refractivity contribution in [2.24, 2.45) is 0 Å². The molecule has 0 saturated heterocycles. The van der Waals surface area contributed by atoms with E-state index in [1.807, 2.05) is 24.3 Å². The maximum Gasteiger partial charge on any atom is 0.150 e. The molecule has 0 aromatic heterocycles. The molecular formula is C58H56Br2O2. The summed E-state index contributed by atoms with van der Waals surface area (Å²) in [5.41, 5.74) is 12.0. The molecule has 62 heavy (non-hydrogen) atoms. The molecule has 0 amide bonds. The molecule has 0 fully saturated rings. The third-order valence-electron chi connectivity index (χ3n) is 10.5. The fourth-order valence-electron chi connectivity index (χ4n) is 7.29. The predicted octanol–water partition coefficient (Wildman–Crippen LogP) is 14.8. The first-order chi connectivity index (χ1) is 30.2. The number of rotatable bonds is 17. The van der Waals surface area contributed by atoms with Crippen molar-refractivity contribution in [3.8, 4) is 47.4 Å². The van der Waals surface area contributed by atoms with E-state index >= 15 is 0 Å². The number of hydrogen-bond acceptors (Lipinski definition) is 2. The first-order valence-electron chi connectivity index (χ1n) is 22.3. The van der Waals surface area contributed by atoms with Crippen LogP contribution in [0.1, 0.15) is 180 Å². The molecule has 314 valence electrons. The van der Waals surface area contributed by atoms with E-state index in [9.17, 15) is 9.59 Å². The van der Waals surface area contributed by atoms with Crippen LogP contribution in [0.4, 0.5) is 0 Å². The number of hydrogen-bond donors (Lipinski definition) is 0. The van der Waals surface area contributed by atoms with E-state index in [2.05, 4.69) is 155 Å². The van der Waals surface area contributed by atoms with Gasteiger partial charge in [0.1, 0.15) is 12.6 Å². The largest absolute Gasteiger partial charge is 0.298 e. The molecule has 0 bridgehead atoms. The van der Waals surface area contributed by atoms with Gasteiger partial charge in [-0.25, -0.2) is 0 Å². The monoisotopic (exact) mass is 942 g/mol. The summed E-state index contributed by atoms with van der Waals surface area (Å²) in [5, 5.41) is 0. The van der Waals surface area contributed by atoms with Crippen molar-refractivity contribution in [3.63, 3.8) is 0 Å². The van der Waals surface area contributed by atoms with Crippen molar-refractivity contribution < 1.29 is 9.59 Å².